The molecule has 28 heavy (non-hydrogen) atoms. The summed E-state index contributed by atoms with van der Waals surface area (Å²) in [6.45, 7) is 7.93. The molecule has 0 saturated carbocycles. The third-order valence-corrected chi connectivity index (χ3v) is 6.17. The predicted octanol–water partition coefficient (Wildman–Crippen LogP) is 6.46. The first kappa shape index (κ1) is 17.2. The summed E-state index contributed by atoms with van der Waals surface area (Å²) in [5, 5.41) is 0. The summed E-state index contributed by atoms with van der Waals surface area (Å²) >= 11 is 0. The third-order valence-electron chi connectivity index (χ3n) is 6.17. The lowest BCUT2D eigenvalue weighted by Crippen LogP contribution is -2.18. The highest BCUT2D eigenvalue weighted by Crippen LogP contribution is 2.52. The van der Waals surface area contributed by atoms with Crippen LogP contribution >= 0.6 is 0 Å². The molecular weight excluding hydrogens is 340 g/mol. The minimum absolute atomic E-state index is 0.0318. The van der Waals surface area contributed by atoms with E-state index in [4.69, 9.17) is 0 Å². The maximum absolute atomic E-state index is 3.67. The van der Waals surface area contributed by atoms with E-state index < -0.39 is 0 Å². The highest BCUT2D eigenvalue weighted by Gasteiger charge is 2.43. The van der Waals surface area contributed by atoms with Gasteiger partial charge in [0.25, 0.3) is 11.4 Å². The monoisotopic (exact) mass is 366 g/mol. The summed E-state index contributed by atoms with van der Waals surface area (Å²) in [6.07, 6.45) is 2.35. The Balaban J connectivity index is 1.76. The van der Waals surface area contributed by atoms with Gasteiger partial charge in [-0.1, -0.05) is 80.3 Å². The van der Waals surface area contributed by atoms with Gasteiger partial charge in [-0.3, -0.25) is 0 Å². The second kappa shape index (κ2) is 6.29. The lowest BCUT2D eigenvalue weighted by atomic mass is 9.81. The van der Waals surface area contributed by atoms with Crippen LogP contribution in [0.25, 0.3) is 11.1 Å². The summed E-state index contributed by atoms with van der Waals surface area (Å²) in [5.74, 6) is 0. The van der Waals surface area contributed by atoms with Crippen LogP contribution in [0.2, 0.25) is 0 Å². The van der Waals surface area contributed by atoms with Crippen LogP contribution in [0, 0.1) is 0 Å². The summed E-state index contributed by atoms with van der Waals surface area (Å²) in [6, 6.07) is 27.9. The molecule has 0 radical (unpaired) electrons. The fourth-order valence-electron chi connectivity index (χ4n) is 4.79. The molecule has 0 amide bonds. The van der Waals surface area contributed by atoms with Crippen molar-refractivity contribution in [2.75, 3.05) is 6.54 Å². The van der Waals surface area contributed by atoms with Crippen LogP contribution in [0.1, 0.15) is 44.7 Å². The second-order valence-electron chi connectivity index (χ2n) is 8.30. The van der Waals surface area contributed by atoms with Gasteiger partial charge in [0.1, 0.15) is 0 Å². The van der Waals surface area contributed by atoms with Crippen molar-refractivity contribution >= 4 is 23.1 Å². The molecule has 0 bridgehead atoms. The van der Waals surface area contributed by atoms with Gasteiger partial charge in [-0.2, -0.15) is 0 Å². The zero-order chi connectivity index (χ0) is 19.3. The van der Waals surface area contributed by atoms with Gasteiger partial charge >= 0.3 is 6.01 Å². The minimum Gasteiger partial charge on any atom is -0.0867 e. The number of hydrogen-bond acceptors (Lipinski definition) is 0. The molecule has 0 aromatic heterocycles. The number of unbranched alkanes of at least 4 members (excludes halogenated alkanes) is 1. The topological polar surface area (TPSA) is 6.02 Å². The molecule has 3 aromatic rings. The van der Waals surface area contributed by atoms with Crippen LogP contribution in [-0.2, 0) is 5.41 Å². The number of hydrogen-bond donors (Lipinski definition) is 0. The first-order chi connectivity index (χ1) is 13.6. The van der Waals surface area contributed by atoms with Crippen molar-refractivity contribution in [3.8, 4) is 11.1 Å². The molecule has 2 heteroatoms. The Morgan fingerprint density at radius 2 is 1.46 bits per heavy atom. The fourth-order valence-corrected chi connectivity index (χ4v) is 4.79. The summed E-state index contributed by atoms with van der Waals surface area (Å²) < 4.78 is 4.56. The summed E-state index contributed by atoms with van der Waals surface area (Å²) in [5.41, 5.74) is 9.20. The lowest BCUT2D eigenvalue weighted by Gasteiger charge is -2.21. The van der Waals surface area contributed by atoms with E-state index in [1.54, 1.807) is 0 Å². The van der Waals surface area contributed by atoms with E-state index >= 15 is 0 Å². The van der Waals surface area contributed by atoms with E-state index in [2.05, 4.69) is 103 Å². The van der Waals surface area contributed by atoms with E-state index in [0.29, 0.717) is 0 Å². The van der Waals surface area contributed by atoms with Gasteiger partial charge in [0.15, 0.2) is 6.54 Å². The molecule has 2 aliphatic rings. The molecule has 0 fully saturated rings. The Labute approximate surface area is 167 Å². The van der Waals surface area contributed by atoms with Crippen molar-refractivity contribution in [2.45, 2.75) is 39.0 Å². The number of nitrogens with zero attached hydrogens (tertiary/aromatic N) is 2. The molecule has 0 unspecified atom stereocenters. The molecule has 1 aliphatic heterocycles. The van der Waals surface area contributed by atoms with Crippen LogP contribution in [0.3, 0.4) is 0 Å². The number of para-hydroxylation sites is 2. The first-order valence-corrected chi connectivity index (χ1v) is 10.3. The second-order valence-corrected chi connectivity index (χ2v) is 8.30. The Kier molecular flexibility index (Phi) is 3.86. The van der Waals surface area contributed by atoms with Gasteiger partial charge in [0.2, 0.25) is 5.69 Å². The van der Waals surface area contributed by atoms with Crippen molar-refractivity contribution in [1.82, 2.24) is 4.58 Å². The SMILES string of the molecule is CCCC[N+]1=C=[N+](c2cccc3c2C(C)(C)c2ccccc2-3)c2ccccc21. The zero-order valence-electron chi connectivity index (χ0n) is 16.9. The minimum atomic E-state index is -0.0318. The van der Waals surface area contributed by atoms with Crippen LogP contribution < -0.4 is 4.58 Å². The van der Waals surface area contributed by atoms with Gasteiger partial charge in [0.05, 0.1) is 0 Å². The lowest BCUT2D eigenvalue weighted by molar-refractivity contribution is -0.431. The van der Waals surface area contributed by atoms with Crippen LogP contribution in [0.15, 0.2) is 66.7 Å². The summed E-state index contributed by atoms with van der Waals surface area (Å²) in [7, 11) is 0. The van der Waals surface area contributed by atoms with Crippen molar-refractivity contribution in [3.63, 3.8) is 0 Å². The Morgan fingerprint density at radius 1 is 0.786 bits per heavy atom. The number of benzene rings is 3. The van der Waals surface area contributed by atoms with Gasteiger partial charge in [-0.25, -0.2) is 0 Å². The molecule has 2 nitrogen and oxygen atoms in total. The number of fused-ring (bicyclic) bond motifs is 4. The van der Waals surface area contributed by atoms with E-state index in [1.807, 2.05) is 0 Å². The average molecular weight is 367 g/mol. The zero-order valence-corrected chi connectivity index (χ0v) is 16.9. The molecule has 5 rings (SSSR count). The normalized spacial score (nSPS) is 15.5. The molecule has 1 aliphatic carbocycles. The molecule has 0 atom stereocenters. The number of rotatable bonds is 4. The van der Waals surface area contributed by atoms with Crippen molar-refractivity contribution in [1.29, 1.82) is 0 Å². The molecule has 3 aromatic carbocycles. The molecular formula is C26H26N2+2. The fraction of sp³-hybridized carbons (Fsp3) is 0.269. The molecule has 138 valence electrons. The highest BCUT2D eigenvalue weighted by atomic mass is 15.2. The summed E-state index contributed by atoms with van der Waals surface area (Å²) in [4.78, 5) is 0. The van der Waals surface area contributed by atoms with Crippen molar-refractivity contribution in [3.05, 3.63) is 77.9 Å². The predicted molar refractivity (Wildman–Crippen MR) is 117 cm³/mol. The van der Waals surface area contributed by atoms with Crippen molar-refractivity contribution < 1.29 is 4.58 Å². The van der Waals surface area contributed by atoms with Gasteiger partial charge < -0.3 is 0 Å². The Bertz CT molecular complexity index is 1160. The molecule has 0 saturated heterocycles. The first-order valence-electron chi connectivity index (χ1n) is 10.3. The maximum Gasteiger partial charge on any atom is 0.496 e. The van der Waals surface area contributed by atoms with E-state index in [0.717, 1.165) is 6.54 Å². The van der Waals surface area contributed by atoms with Crippen LogP contribution in [0.4, 0.5) is 17.1 Å². The van der Waals surface area contributed by atoms with Gasteiger partial charge in [-0.15, -0.1) is 0 Å². The quantitative estimate of drug-likeness (QED) is 0.467. The maximum atomic E-state index is 3.67. The Morgan fingerprint density at radius 3 is 2.29 bits per heavy atom. The largest absolute Gasteiger partial charge is 0.496 e. The molecule has 0 spiro atoms. The standard InChI is InChI=1S/C26H26N2/c1-4-5-17-27-18-28(23-15-9-8-14-22(23)27)24-16-10-12-20-19-11-6-7-13-21(19)26(2,3)25(20)24/h6-16H,4-5,17H2,1-3H3/q+2. The highest BCUT2D eigenvalue weighted by molar-refractivity contribution is 5.87. The molecule has 0 N–H and O–H groups in total. The Hall–Kier alpha value is -2.96. The average Bonchev–Trinajstić information content (AvgIpc) is 3.20. The van der Waals surface area contributed by atoms with Gasteiger partial charge in [0, 0.05) is 35.6 Å². The van der Waals surface area contributed by atoms with Gasteiger partial charge in [-0.05, 0) is 21.3 Å². The third kappa shape index (κ3) is 2.35. The smallest absolute Gasteiger partial charge is 0.0867 e. The van der Waals surface area contributed by atoms with E-state index in [-0.39, 0.29) is 5.41 Å². The van der Waals surface area contributed by atoms with Crippen molar-refractivity contribution in [2.24, 2.45) is 0 Å². The van der Waals surface area contributed by atoms with Crippen LogP contribution in [0.5, 0.6) is 0 Å². The van der Waals surface area contributed by atoms with E-state index in [1.165, 1.54) is 52.2 Å². The molecule has 1 heterocycles. The van der Waals surface area contributed by atoms with Crippen LogP contribution in [-0.4, -0.2) is 17.1 Å². The van der Waals surface area contributed by atoms with E-state index in [9.17, 15) is 0 Å².